The monoisotopic (exact) mass is 299 g/mol. The number of alkyl halides is 3. The molecule has 0 amide bonds. The molecule has 1 aromatic rings. The molecule has 0 fully saturated rings. The molecule has 0 heterocycles. The van der Waals surface area contributed by atoms with Crippen LogP contribution in [0.2, 0.25) is 0 Å². The van der Waals surface area contributed by atoms with Gasteiger partial charge in [0, 0.05) is 11.4 Å². The summed E-state index contributed by atoms with van der Waals surface area (Å²) in [5.74, 6) is -1.07. The fourth-order valence-electron chi connectivity index (χ4n) is 1.23. The molecule has 0 aliphatic rings. The van der Waals surface area contributed by atoms with Crippen molar-refractivity contribution in [1.82, 2.24) is 0 Å². The lowest BCUT2D eigenvalue weighted by atomic mass is 10.2. The van der Waals surface area contributed by atoms with Crippen LogP contribution in [0.25, 0.3) is 0 Å². The fraction of sp³-hybridized carbons (Fsp3) is 0.400. The highest BCUT2D eigenvalue weighted by Crippen LogP contribution is 2.30. The Hall–Kier alpha value is -0.890. The molecule has 3 nitrogen and oxygen atoms in total. The number of nitrogens with two attached hydrogens (primary N) is 1. The highest BCUT2D eigenvalue weighted by Gasteiger charge is 2.29. The second-order valence-corrected chi connectivity index (χ2v) is 6.90. The molecule has 0 unspecified atom stereocenters. The van der Waals surface area contributed by atoms with Crippen LogP contribution in [-0.2, 0) is 9.84 Å². The zero-order valence-electron chi connectivity index (χ0n) is 9.49. The van der Waals surface area contributed by atoms with E-state index in [9.17, 15) is 21.6 Å². The number of benzene rings is 1. The van der Waals surface area contributed by atoms with Crippen LogP contribution in [-0.4, -0.2) is 25.4 Å². The van der Waals surface area contributed by atoms with Gasteiger partial charge in [0.1, 0.15) is 0 Å². The fourth-order valence-corrected chi connectivity index (χ4v) is 3.54. The van der Waals surface area contributed by atoms with Gasteiger partial charge in [0.15, 0.2) is 9.84 Å². The van der Waals surface area contributed by atoms with E-state index in [-0.39, 0.29) is 16.7 Å². The van der Waals surface area contributed by atoms with Crippen molar-refractivity contribution in [3.05, 3.63) is 23.8 Å². The predicted octanol–water partition coefficient (Wildman–Crippen LogP) is 2.60. The molecule has 0 bridgehead atoms. The van der Waals surface area contributed by atoms with E-state index in [1.807, 2.05) is 0 Å². The van der Waals surface area contributed by atoms with E-state index < -0.39 is 26.9 Å². The van der Waals surface area contributed by atoms with Crippen molar-refractivity contribution in [3.63, 3.8) is 0 Å². The Morgan fingerprint density at radius 3 is 2.44 bits per heavy atom. The van der Waals surface area contributed by atoms with Gasteiger partial charge in [-0.05, 0) is 42.4 Å². The summed E-state index contributed by atoms with van der Waals surface area (Å²) in [6.07, 6.45) is 0. The third kappa shape index (κ3) is 4.41. The first-order chi connectivity index (χ1) is 8.12. The van der Waals surface area contributed by atoms with Gasteiger partial charge in [-0.15, -0.1) is 0 Å². The number of rotatable bonds is 4. The number of hydrogen-bond acceptors (Lipinski definition) is 4. The lowest BCUT2D eigenvalue weighted by molar-refractivity contribution is -0.0326. The number of hydrogen-bond donors (Lipinski definition) is 1. The van der Waals surface area contributed by atoms with Crippen molar-refractivity contribution in [2.24, 2.45) is 0 Å². The molecule has 0 spiro atoms. The first kappa shape index (κ1) is 15.2. The highest BCUT2D eigenvalue weighted by atomic mass is 32.2. The maximum atomic E-state index is 11.9. The van der Waals surface area contributed by atoms with Gasteiger partial charge in [-0.25, -0.2) is 8.42 Å². The van der Waals surface area contributed by atoms with Gasteiger partial charge in [0.25, 0.3) is 0 Å². The molecule has 102 valence electrons. The second kappa shape index (κ2) is 5.40. The van der Waals surface area contributed by atoms with Gasteiger partial charge < -0.3 is 5.73 Å². The molecular formula is C10H12F3NO2S2. The molecule has 8 heteroatoms. The molecule has 18 heavy (non-hydrogen) atoms. The third-order valence-corrected chi connectivity index (χ3v) is 4.93. The first-order valence-electron chi connectivity index (χ1n) is 4.91. The molecule has 1 aromatic carbocycles. The SMILES string of the molecule is Cc1cc(S(=O)(=O)CCSC(F)(F)F)ccc1N. The normalized spacial score (nSPS) is 12.7. The topological polar surface area (TPSA) is 60.2 Å². The maximum Gasteiger partial charge on any atom is 0.441 e. The largest absolute Gasteiger partial charge is 0.441 e. The summed E-state index contributed by atoms with van der Waals surface area (Å²) in [5, 5.41) is 0. The van der Waals surface area contributed by atoms with Crippen LogP contribution in [0.15, 0.2) is 23.1 Å². The number of anilines is 1. The lowest BCUT2D eigenvalue weighted by Crippen LogP contribution is -2.12. The molecule has 0 aliphatic heterocycles. The Labute approximate surface area is 107 Å². The summed E-state index contributed by atoms with van der Waals surface area (Å²) in [4.78, 5) is -0.00280. The number of sulfone groups is 1. The van der Waals surface area contributed by atoms with Crippen molar-refractivity contribution in [3.8, 4) is 0 Å². The van der Waals surface area contributed by atoms with Crippen molar-refractivity contribution < 1.29 is 21.6 Å². The van der Waals surface area contributed by atoms with Crippen LogP contribution >= 0.6 is 11.8 Å². The summed E-state index contributed by atoms with van der Waals surface area (Å²) in [6.45, 7) is 1.64. The van der Waals surface area contributed by atoms with Crippen molar-refractivity contribution >= 4 is 27.3 Å². The van der Waals surface area contributed by atoms with Crippen LogP contribution in [0.3, 0.4) is 0 Å². The van der Waals surface area contributed by atoms with E-state index >= 15 is 0 Å². The smallest absolute Gasteiger partial charge is 0.399 e. The molecule has 0 saturated carbocycles. The summed E-state index contributed by atoms with van der Waals surface area (Å²) in [6, 6.07) is 4.10. The van der Waals surface area contributed by atoms with Crippen molar-refractivity contribution in [2.45, 2.75) is 17.3 Å². The van der Waals surface area contributed by atoms with Crippen LogP contribution in [0.1, 0.15) is 5.56 Å². The Bertz CT molecular complexity index is 526. The lowest BCUT2D eigenvalue weighted by Gasteiger charge is -2.08. The average Bonchev–Trinajstić information content (AvgIpc) is 2.19. The minimum Gasteiger partial charge on any atom is -0.399 e. The standard InChI is InChI=1S/C10H12F3NO2S2/c1-7-6-8(2-3-9(7)14)18(15,16)5-4-17-10(11,12)13/h2-3,6H,4-5,14H2,1H3. The van der Waals surface area contributed by atoms with E-state index in [0.717, 1.165) is 0 Å². The molecule has 0 saturated heterocycles. The van der Waals surface area contributed by atoms with Crippen molar-refractivity contribution in [2.75, 3.05) is 17.2 Å². The van der Waals surface area contributed by atoms with Crippen LogP contribution < -0.4 is 5.73 Å². The van der Waals surface area contributed by atoms with E-state index in [0.29, 0.717) is 11.3 Å². The average molecular weight is 299 g/mol. The van der Waals surface area contributed by atoms with Gasteiger partial charge >= 0.3 is 5.51 Å². The first-order valence-corrected chi connectivity index (χ1v) is 7.55. The number of aryl methyl sites for hydroxylation is 1. The minimum atomic E-state index is -4.41. The summed E-state index contributed by atoms with van der Waals surface area (Å²) >= 11 is -0.341. The molecular weight excluding hydrogens is 287 g/mol. The molecule has 0 radical (unpaired) electrons. The molecule has 0 aromatic heterocycles. The van der Waals surface area contributed by atoms with Gasteiger partial charge in [-0.1, -0.05) is 0 Å². The number of thioether (sulfide) groups is 1. The quantitative estimate of drug-likeness (QED) is 0.868. The Kier molecular flexibility index (Phi) is 4.55. The van der Waals surface area contributed by atoms with Crippen LogP contribution in [0, 0.1) is 6.92 Å². The highest BCUT2D eigenvalue weighted by molar-refractivity contribution is 8.01. The zero-order valence-corrected chi connectivity index (χ0v) is 11.1. The summed E-state index contributed by atoms with van der Waals surface area (Å²) in [7, 11) is -3.70. The van der Waals surface area contributed by atoms with E-state index in [1.54, 1.807) is 6.92 Å². The molecule has 0 aliphatic carbocycles. The van der Waals surface area contributed by atoms with E-state index in [2.05, 4.69) is 0 Å². The summed E-state index contributed by atoms with van der Waals surface area (Å²) in [5.41, 5.74) is 2.16. The Morgan fingerprint density at radius 2 is 1.94 bits per heavy atom. The Balaban J connectivity index is 2.77. The van der Waals surface area contributed by atoms with E-state index in [1.165, 1.54) is 18.2 Å². The third-order valence-electron chi connectivity index (χ3n) is 2.22. The summed E-state index contributed by atoms with van der Waals surface area (Å²) < 4.78 is 59.2. The zero-order chi connectivity index (χ0) is 14.0. The predicted molar refractivity (Wildman–Crippen MR) is 66.2 cm³/mol. The molecule has 0 atom stereocenters. The maximum absolute atomic E-state index is 11.9. The molecule has 1 rings (SSSR count). The van der Waals surface area contributed by atoms with Gasteiger partial charge in [0.2, 0.25) is 0 Å². The second-order valence-electron chi connectivity index (χ2n) is 3.63. The number of halogens is 3. The van der Waals surface area contributed by atoms with Crippen LogP contribution in [0.5, 0.6) is 0 Å². The van der Waals surface area contributed by atoms with E-state index in [4.69, 9.17) is 5.73 Å². The number of nitrogen functional groups attached to an aromatic ring is 1. The molecule has 2 N–H and O–H groups in total. The minimum absolute atomic E-state index is 0.00280. The van der Waals surface area contributed by atoms with Gasteiger partial charge in [-0.3, -0.25) is 0 Å². The van der Waals surface area contributed by atoms with Gasteiger partial charge in [0.05, 0.1) is 10.6 Å². The van der Waals surface area contributed by atoms with Crippen LogP contribution in [0.4, 0.5) is 18.9 Å². The Morgan fingerprint density at radius 1 is 1.33 bits per heavy atom. The van der Waals surface area contributed by atoms with Gasteiger partial charge in [-0.2, -0.15) is 13.2 Å². The van der Waals surface area contributed by atoms with Crippen molar-refractivity contribution in [1.29, 1.82) is 0 Å².